The summed E-state index contributed by atoms with van der Waals surface area (Å²) in [5, 5.41) is 3.53. The molecule has 19 heavy (non-hydrogen) atoms. The van der Waals surface area contributed by atoms with E-state index in [1.165, 1.54) is 25.7 Å². The largest absolute Gasteiger partial charge is 0.323 e. The Kier molecular flexibility index (Phi) is 4.85. The lowest BCUT2D eigenvalue weighted by Crippen LogP contribution is -2.47. The normalized spacial score (nSPS) is 30.6. The molecule has 1 saturated heterocycles. The number of nitrogens with zero attached hydrogens (tertiary/aromatic N) is 2. The molecular weight excluding hydrogens is 238 g/mol. The van der Waals surface area contributed by atoms with Crippen LogP contribution in [0.3, 0.4) is 0 Å². The van der Waals surface area contributed by atoms with E-state index in [1.807, 2.05) is 6.92 Å². The SMILES string of the molecule is CC1NC(C2CCCC2)N(C(C)CCN(C)C)C1=O. The summed E-state index contributed by atoms with van der Waals surface area (Å²) in [4.78, 5) is 16.7. The first-order chi connectivity index (χ1) is 9.00. The van der Waals surface area contributed by atoms with Crippen LogP contribution in [0.4, 0.5) is 0 Å². The summed E-state index contributed by atoms with van der Waals surface area (Å²) in [7, 11) is 4.18. The number of rotatable bonds is 5. The Morgan fingerprint density at radius 2 is 2.00 bits per heavy atom. The third-order valence-electron chi connectivity index (χ3n) is 4.66. The quantitative estimate of drug-likeness (QED) is 0.823. The second kappa shape index (κ2) is 6.23. The Morgan fingerprint density at radius 3 is 2.58 bits per heavy atom. The van der Waals surface area contributed by atoms with Gasteiger partial charge in [-0.15, -0.1) is 0 Å². The molecular formula is C15H29N3O. The topological polar surface area (TPSA) is 35.6 Å². The molecule has 2 rings (SSSR count). The van der Waals surface area contributed by atoms with Gasteiger partial charge in [-0.2, -0.15) is 0 Å². The van der Waals surface area contributed by atoms with Crippen LogP contribution in [0.2, 0.25) is 0 Å². The second-order valence-corrected chi connectivity index (χ2v) is 6.56. The van der Waals surface area contributed by atoms with Crippen molar-refractivity contribution in [1.82, 2.24) is 15.1 Å². The lowest BCUT2D eigenvalue weighted by atomic mass is 10.0. The number of amides is 1. The van der Waals surface area contributed by atoms with Gasteiger partial charge in [0.05, 0.1) is 12.2 Å². The zero-order valence-corrected chi connectivity index (χ0v) is 12.9. The highest BCUT2D eigenvalue weighted by Gasteiger charge is 2.43. The van der Waals surface area contributed by atoms with Crippen molar-refractivity contribution in [2.24, 2.45) is 5.92 Å². The number of carbonyl (C=O) groups excluding carboxylic acids is 1. The molecule has 1 aliphatic heterocycles. The molecule has 0 spiro atoms. The van der Waals surface area contributed by atoms with Crippen LogP contribution in [0.25, 0.3) is 0 Å². The van der Waals surface area contributed by atoms with Crippen LogP contribution in [-0.4, -0.2) is 54.6 Å². The van der Waals surface area contributed by atoms with E-state index < -0.39 is 0 Å². The highest BCUT2D eigenvalue weighted by molar-refractivity contribution is 5.84. The maximum absolute atomic E-state index is 12.4. The van der Waals surface area contributed by atoms with Gasteiger partial charge in [0.1, 0.15) is 0 Å². The van der Waals surface area contributed by atoms with Gasteiger partial charge in [0.2, 0.25) is 5.91 Å². The number of hydrogen-bond acceptors (Lipinski definition) is 3. The molecule has 110 valence electrons. The standard InChI is InChI=1S/C15H29N3O/c1-11(9-10-17(3)4)18-14(13-7-5-6-8-13)16-12(2)15(18)19/h11-14,16H,5-10H2,1-4H3. The van der Waals surface area contributed by atoms with Crippen molar-refractivity contribution in [2.75, 3.05) is 20.6 Å². The van der Waals surface area contributed by atoms with Gasteiger partial charge in [0.25, 0.3) is 0 Å². The number of hydrogen-bond donors (Lipinski definition) is 1. The molecule has 2 aliphatic rings. The summed E-state index contributed by atoms with van der Waals surface area (Å²) in [5.74, 6) is 0.957. The van der Waals surface area contributed by atoms with Gasteiger partial charge in [-0.25, -0.2) is 0 Å². The fraction of sp³-hybridized carbons (Fsp3) is 0.933. The van der Waals surface area contributed by atoms with E-state index in [-0.39, 0.29) is 12.2 Å². The summed E-state index contributed by atoms with van der Waals surface area (Å²) >= 11 is 0. The van der Waals surface area contributed by atoms with Crippen molar-refractivity contribution in [3.05, 3.63) is 0 Å². The van der Waals surface area contributed by atoms with Gasteiger partial charge in [-0.3, -0.25) is 10.1 Å². The predicted octanol–water partition coefficient (Wildman–Crippen LogP) is 1.66. The molecule has 4 heteroatoms. The summed E-state index contributed by atoms with van der Waals surface area (Å²) in [6.45, 7) is 5.24. The van der Waals surface area contributed by atoms with E-state index in [0.717, 1.165) is 13.0 Å². The number of carbonyl (C=O) groups is 1. The van der Waals surface area contributed by atoms with Crippen molar-refractivity contribution < 1.29 is 4.79 Å². The molecule has 4 nitrogen and oxygen atoms in total. The van der Waals surface area contributed by atoms with Gasteiger partial charge < -0.3 is 9.80 Å². The Balaban J connectivity index is 2.02. The van der Waals surface area contributed by atoms with E-state index in [1.54, 1.807) is 0 Å². The molecule has 3 unspecified atom stereocenters. The molecule has 0 aromatic heterocycles. The van der Waals surface area contributed by atoms with Gasteiger partial charge in [0, 0.05) is 6.04 Å². The monoisotopic (exact) mass is 267 g/mol. The average molecular weight is 267 g/mol. The lowest BCUT2D eigenvalue weighted by molar-refractivity contribution is -0.132. The van der Waals surface area contributed by atoms with E-state index in [2.05, 4.69) is 36.1 Å². The Morgan fingerprint density at radius 1 is 1.37 bits per heavy atom. The molecule has 1 amide bonds. The van der Waals surface area contributed by atoms with E-state index in [4.69, 9.17) is 0 Å². The van der Waals surface area contributed by atoms with Crippen molar-refractivity contribution in [2.45, 2.75) is 64.2 Å². The summed E-state index contributed by atoms with van der Waals surface area (Å²) in [6, 6.07) is 0.324. The molecule has 1 heterocycles. The molecule has 2 fully saturated rings. The minimum absolute atomic E-state index is 0.00703. The van der Waals surface area contributed by atoms with Crippen LogP contribution in [0.5, 0.6) is 0 Å². The van der Waals surface area contributed by atoms with Gasteiger partial charge in [-0.1, -0.05) is 12.8 Å². The average Bonchev–Trinajstić information content (AvgIpc) is 2.96. The zero-order valence-electron chi connectivity index (χ0n) is 12.9. The minimum atomic E-state index is -0.00703. The Bertz CT molecular complexity index is 313. The molecule has 0 radical (unpaired) electrons. The first-order valence-electron chi connectivity index (χ1n) is 7.73. The fourth-order valence-electron chi connectivity index (χ4n) is 3.48. The molecule has 0 aromatic carbocycles. The Labute approximate surface area is 117 Å². The molecule has 1 N–H and O–H groups in total. The Hall–Kier alpha value is -0.610. The first kappa shape index (κ1) is 14.8. The molecule has 0 bridgehead atoms. The van der Waals surface area contributed by atoms with E-state index in [9.17, 15) is 4.79 Å². The predicted molar refractivity (Wildman–Crippen MR) is 77.8 cm³/mol. The third-order valence-corrected chi connectivity index (χ3v) is 4.66. The third kappa shape index (κ3) is 3.29. The van der Waals surface area contributed by atoms with Crippen LogP contribution in [-0.2, 0) is 4.79 Å². The van der Waals surface area contributed by atoms with E-state index in [0.29, 0.717) is 17.9 Å². The maximum atomic E-state index is 12.4. The summed E-state index contributed by atoms with van der Waals surface area (Å²) < 4.78 is 0. The van der Waals surface area contributed by atoms with Gasteiger partial charge in [-0.05, 0) is 59.7 Å². The molecule has 1 aliphatic carbocycles. The summed E-state index contributed by atoms with van der Waals surface area (Å²) in [5.41, 5.74) is 0. The second-order valence-electron chi connectivity index (χ2n) is 6.56. The highest BCUT2D eigenvalue weighted by atomic mass is 16.2. The van der Waals surface area contributed by atoms with Crippen LogP contribution >= 0.6 is 0 Å². The lowest BCUT2D eigenvalue weighted by Gasteiger charge is -2.34. The maximum Gasteiger partial charge on any atom is 0.240 e. The molecule has 3 atom stereocenters. The van der Waals surface area contributed by atoms with Gasteiger partial charge in [0.15, 0.2) is 0 Å². The number of nitrogens with one attached hydrogen (secondary N) is 1. The molecule has 0 aromatic rings. The van der Waals surface area contributed by atoms with Crippen LogP contribution in [0.1, 0.15) is 46.0 Å². The smallest absolute Gasteiger partial charge is 0.240 e. The van der Waals surface area contributed by atoms with Crippen molar-refractivity contribution in [3.63, 3.8) is 0 Å². The van der Waals surface area contributed by atoms with Crippen molar-refractivity contribution in [1.29, 1.82) is 0 Å². The molecule has 1 saturated carbocycles. The zero-order chi connectivity index (χ0) is 14.0. The highest BCUT2D eigenvalue weighted by Crippen LogP contribution is 2.33. The first-order valence-corrected chi connectivity index (χ1v) is 7.73. The van der Waals surface area contributed by atoms with Crippen molar-refractivity contribution in [3.8, 4) is 0 Å². The minimum Gasteiger partial charge on any atom is -0.323 e. The van der Waals surface area contributed by atoms with Crippen LogP contribution < -0.4 is 5.32 Å². The fourth-order valence-corrected chi connectivity index (χ4v) is 3.48. The van der Waals surface area contributed by atoms with Crippen molar-refractivity contribution >= 4 is 5.91 Å². The van der Waals surface area contributed by atoms with Gasteiger partial charge >= 0.3 is 0 Å². The van der Waals surface area contributed by atoms with Crippen LogP contribution in [0.15, 0.2) is 0 Å². The van der Waals surface area contributed by atoms with E-state index >= 15 is 0 Å². The summed E-state index contributed by atoms with van der Waals surface area (Å²) in [6.07, 6.45) is 6.53. The van der Waals surface area contributed by atoms with Crippen LogP contribution in [0, 0.1) is 5.92 Å².